The van der Waals surface area contributed by atoms with Crippen molar-refractivity contribution in [3.05, 3.63) is 27.7 Å². The summed E-state index contributed by atoms with van der Waals surface area (Å²) in [5.41, 5.74) is 2.98. The third kappa shape index (κ3) is 2.34. The normalized spacial score (nSPS) is 16.1. The number of urea groups is 1. The van der Waals surface area contributed by atoms with Crippen LogP contribution in [0.3, 0.4) is 0 Å². The molecule has 1 heterocycles. The smallest absolute Gasteiger partial charge is 0.292 e. The molecule has 0 saturated carbocycles. The van der Waals surface area contributed by atoms with E-state index in [1.54, 1.807) is 4.90 Å². The summed E-state index contributed by atoms with van der Waals surface area (Å²) in [7, 11) is 0. The maximum Gasteiger partial charge on any atom is 0.328 e. The van der Waals surface area contributed by atoms with Crippen LogP contribution in [0.1, 0.15) is 17.5 Å². The van der Waals surface area contributed by atoms with Gasteiger partial charge in [-0.2, -0.15) is 0 Å². The first kappa shape index (κ1) is 12.1. The van der Waals surface area contributed by atoms with Gasteiger partial charge in [0, 0.05) is 17.4 Å². The number of nitrogens with zero attached hydrogens (tertiary/aromatic N) is 1. The van der Waals surface area contributed by atoms with Crippen molar-refractivity contribution < 1.29 is 9.59 Å². The van der Waals surface area contributed by atoms with Crippen molar-refractivity contribution in [2.45, 2.75) is 20.3 Å². The Labute approximate surface area is 108 Å². The van der Waals surface area contributed by atoms with Gasteiger partial charge in [-0.05, 0) is 47.0 Å². The summed E-state index contributed by atoms with van der Waals surface area (Å²) in [5, 5.41) is 2.32. The first-order chi connectivity index (χ1) is 7.99. The summed E-state index contributed by atoms with van der Waals surface area (Å²) >= 11 is 3.47. The second-order valence-corrected chi connectivity index (χ2v) is 5.02. The molecule has 1 fully saturated rings. The van der Waals surface area contributed by atoms with E-state index in [0.717, 1.165) is 21.3 Å². The number of anilines is 1. The third-order valence-corrected chi connectivity index (χ3v) is 3.33. The lowest BCUT2D eigenvalue weighted by Crippen LogP contribution is -2.50. The molecule has 0 aliphatic carbocycles. The van der Waals surface area contributed by atoms with Gasteiger partial charge in [0.25, 0.3) is 0 Å². The van der Waals surface area contributed by atoms with Crippen molar-refractivity contribution >= 4 is 33.6 Å². The molecule has 5 heteroatoms. The van der Waals surface area contributed by atoms with Gasteiger partial charge >= 0.3 is 6.03 Å². The van der Waals surface area contributed by atoms with E-state index in [0.29, 0.717) is 13.0 Å². The molecule has 0 spiro atoms. The van der Waals surface area contributed by atoms with Crippen LogP contribution in [0.2, 0.25) is 0 Å². The average molecular weight is 297 g/mol. The zero-order valence-corrected chi connectivity index (χ0v) is 11.3. The molecule has 0 aromatic heterocycles. The number of aryl methyl sites for hydroxylation is 2. The molecule has 3 amide bonds. The number of imide groups is 1. The highest BCUT2D eigenvalue weighted by atomic mass is 79.9. The van der Waals surface area contributed by atoms with Crippen LogP contribution >= 0.6 is 15.9 Å². The summed E-state index contributed by atoms with van der Waals surface area (Å²) in [6, 6.07) is 3.63. The first-order valence-electron chi connectivity index (χ1n) is 5.37. The molecule has 1 N–H and O–H groups in total. The number of benzene rings is 1. The van der Waals surface area contributed by atoms with Crippen molar-refractivity contribution in [1.82, 2.24) is 5.32 Å². The minimum Gasteiger partial charge on any atom is -0.292 e. The van der Waals surface area contributed by atoms with Gasteiger partial charge in [-0.25, -0.2) is 4.79 Å². The Bertz CT molecular complexity index is 476. The van der Waals surface area contributed by atoms with Crippen molar-refractivity contribution in [1.29, 1.82) is 0 Å². The highest BCUT2D eigenvalue weighted by Crippen LogP contribution is 2.32. The number of halogens is 1. The van der Waals surface area contributed by atoms with E-state index < -0.39 is 0 Å². The van der Waals surface area contributed by atoms with Crippen molar-refractivity contribution in [2.75, 3.05) is 11.4 Å². The Morgan fingerprint density at radius 3 is 2.59 bits per heavy atom. The third-order valence-electron chi connectivity index (χ3n) is 2.72. The number of hydrogen-bond donors (Lipinski definition) is 1. The van der Waals surface area contributed by atoms with Crippen molar-refractivity contribution in [3.63, 3.8) is 0 Å². The van der Waals surface area contributed by atoms with Gasteiger partial charge in [-0.1, -0.05) is 6.07 Å². The number of amides is 3. The number of rotatable bonds is 1. The molecule has 0 atom stereocenters. The summed E-state index contributed by atoms with van der Waals surface area (Å²) in [5.74, 6) is -0.216. The number of carbonyl (C=O) groups is 2. The molecule has 0 radical (unpaired) electrons. The molecular weight excluding hydrogens is 284 g/mol. The fourth-order valence-corrected chi connectivity index (χ4v) is 2.92. The molecule has 0 bridgehead atoms. The summed E-state index contributed by atoms with van der Waals surface area (Å²) in [6.45, 7) is 4.38. The van der Waals surface area contributed by atoms with Gasteiger partial charge in [-0.3, -0.25) is 15.0 Å². The SMILES string of the molecule is Cc1cc(C)c(N2CCC(=O)NC2=O)c(Br)c1. The Kier molecular flexibility index (Phi) is 3.19. The topological polar surface area (TPSA) is 49.4 Å². The molecule has 1 saturated heterocycles. The van der Waals surface area contributed by atoms with Crippen LogP contribution in [-0.4, -0.2) is 18.5 Å². The molecule has 90 valence electrons. The van der Waals surface area contributed by atoms with Gasteiger partial charge < -0.3 is 0 Å². The molecule has 1 aromatic rings. The predicted molar refractivity (Wildman–Crippen MR) is 69.1 cm³/mol. The van der Waals surface area contributed by atoms with Crippen molar-refractivity contribution in [2.24, 2.45) is 0 Å². The van der Waals surface area contributed by atoms with Crippen LogP contribution in [0.15, 0.2) is 16.6 Å². The van der Waals surface area contributed by atoms with Crippen LogP contribution in [0.25, 0.3) is 0 Å². The molecular formula is C12H13BrN2O2. The number of carbonyl (C=O) groups excluding carboxylic acids is 2. The summed E-state index contributed by atoms with van der Waals surface area (Å²) in [6.07, 6.45) is 0.339. The fraction of sp³-hybridized carbons (Fsp3) is 0.333. The monoisotopic (exact) mass is 296 g/mol. The predicted octanol–water partition coefficient (Wildman–Crippen LogP) is 2.51. The van der Waals surface area contributed by atoms with Gasteiger partial charge in [0.1, 0.15) is 0 Å². The average Bonchev–Trinajstić information content (AvgIpc) is 2.19. The van der Waals surface area contributed by atoms with E-state index in [2.05, 4.69) is 21.2 Å². The maximum absolute atomic E-state index is 11.8. The molecule has 17 heavy (non-hydrogen) atoms. The maximum atomic E-state index is 11.8. The largest absolute Gasteiger partial charge is 0.328 e. The number of hydrogen-bond acceptors (Lipinski definition) is 2. The molecule has 2 rings (SSSR count). The van der Waals surface area contributed by atoms with E-state index >= 15 is 0 Å². The Morgan fingerprint density at radius 2 is 2.00 bits per heavy atom. The second-order valence-electron chi connectivity index (χ2n) is 4.17. The lowest BCUT2D eigenvalue weighted by molar-refractivity contribution is -0.120. The molecule has 1 aliphatic heterocycles. The molecule has 1 aliphatic rings. The van der Waals surface area contributed by atoms with Crippen molar-refractivity contribution in [3.8, 4) is 0 Å². The zero-order chi connectivity index (χ0) is 12.6. The van der Waals surface area contributed by atoms with E-state index in [9.17, 15) is 9.59 Å². The standard InChI is InChI=1S/C12H13BrN2O2/c1-7-5-8(2)11(9(13)6-7)15-4-3-10(16)14-12(15)17/h5-6H,3-4H2,1-2H3,(H,14,16,17). The minimum atomic E-state index is -0.353. The van der Waals surface area contributed by atoms with Gasteiger partial charge in [0.15, 0.2) is 0 Å². The molecule has 4 nitrogen and oxygen atoms in total. The van der Waals surface area contributed by atoms with E-state index in [4.69, 9.17) is 0 Å². The van der Waals surface area contributed by atoms with Crippen LogP contribution in [0, 0.1) is 13.8 Å². The number of nitrogens with one attached hydrogen (secondary N) is 1. The van der Waals surface area contributed by atoms with E-state index in [1.807, 2.05) is 26.0 Å². The highest BCUT2D eigenvalue weighted by Gasteiger charge is 2.26. The van der Waals surface area contributed by atoms with Crippen LogP contribution in [0.4, 0.5) is 10.5 Å². The summed E-state index contributed by atoms with van der Waals surface area (Å²) < 4.78 is 0.875. The van der Waals surface area contributed by atoms with Gasteiger partial charge in [0.05, 0.1) is 5.69 Å². The minimum absolute atomic E-state index is 0.216. The highest BCUT2D eigenvalue weighted by molar-refractivity contribution is 9.10. The van der Waals surface area contributed by atoms with Gasteiger partial charge in [-0.15, -0.1) is 0 Å². The van der Waals surface area contributed by atoms with E-state index in [-0.39, 0.29) is 11.9 Å². The zero-order valence-electron chi connectivity index (χ0n) is 9.71. The quantitative estimate of drug-likeness (QED) is 0.866. The lowest BCUT2D eigenvalue weighted by atomic mass is 10.1. The Morgan fingerprint density at radius 1 is 1.29 bits per heavy atom. The fourth-order valence-electron chi connectivity index (χ4n) is 2.03. The summed E-state index contributed by atoms with van der Waals surface area (Å²) in [4.78, 5) is 24.5. The Balaban J connectivity index is 2.40. The Hall–Kier alpha value is -1.36. The van der Waals surface area contributed by atoms with E-state index in [1.165, 1.54) is 0 Å². The molecule has 1 aromatic carbocycles. The van der Waals surface area contributed by atoms with Crippen LogP contribution < -0.4 is 10.2 Å². The van der Waals surface area contributed by atoms with Gasteiger partial charge in [0.2, 0.25) is 5.91 Å². The first-order valence-corrected chi connectivity index (χ1v) is 6.16. The van der Waals surface area contributed by atoms with Crippen LogP contribution in [-0.2, 0) is 4.79 Å². The lowest BCUT2D eigenvalue weighted by Gasteiger charge is -2.29. The molecule has 0 unspecified atom stereocenters. The van der Waals surface area contributed by atoms with Crippen LogP contribution in [0.5, 0.6) is 0 Å². The second kappa shape index (κ2) is 4.49.